The van der Waals surface area contributed by atoms with Crippen LogP contribution in [0.25, 0.3) is 0 Å². The van der Waals surface area contributed by atoms with E-state index in [4.69, 9.17) is 4.74 Å². The second-order valence-corrected chi connectivity index (χ2v) is 7.04. The molecule has 1 fully saturated rings. The molecular weight excluding hydrogens is 316 g/mol. The Balaban J connectivity index is 1.79. The molecule has 1 N–H and O–H groups in total. The van der Waals surface area contributed by atoms with Crippen LogP contribution in [0.15, 0.2) is 60.7 Å². The number of nitrogens with one attached hydrogen (secondary N) is 1. The molecule has 0 unspecified atom stereocenters. The summed E-state index contributed by atoms with van der Waals surface area (Å²) < 4.78 is 5.45. The first-order valence-corrected chi connectivity index (χ1v) is 8.29. The van der Waals surface area contributed by atoms with Crippen molar-refractivity contribution in [3.05, 3.63) is 66.2 Å². The van der Waals surface area contributed by atoms with Gasteiger partial charge in [0.1, 0.15) is 11.6 Å². The van der Waals surface area contributed by atoms with Crippen molar-refractivity contribution in [1.82, 2.24) is 4.90 Å². The summed E-state index contributed by atoms with van der Waals surface area (Å²) in [6.07, 6.45) is -0.477. The molecule has 3 rings (SSSR count). The smallest absolute Gasteiger partial charge is 0.411 e. The Morgan fingerprint density at radius 1 is 0.960 bits per heavy atom. The zero-order valence-corrected chi connectivity index (χ0v) is 14.6. The standard InChI is InChI=1S/C20H22N2O3/c1-20(2,3)25-19(24)22-16(14-10-6-4-7-11-14)17(22)18(23)21-15-12-8-5-9-13-15/h4-13,16-17H,1-3H3,(H,21,23)/t16-,17+,22?/m1/s1. The van der Waals surface area contributed by atoms with Crippen molar-refractivity contribution in [3.63, 3.8) is 0 Å². The lowest BCUT2D eigenvalue weighted by molar-refractivity contribution is -0.116. The Hall–Kier alpha value is -2.82. The lowest BCUT2D eigenvalue weighted by atomic mass is 10.1. The predicted octanol–water partition coefficient (Wildman–Crippen LogP) is 3.99. The van der Waals surface area contributed by atoms with Gasteiger partial charge in [0, 0.05) is 5.69 Å². The molecule has 1 heterocycles. The van der Waals surface area contributed by atoms with Gasteiger partial charge in [-0.15, -0.1) is 0 Å². The normalized spacial score (nSPS) is 19.2. The largest absolute Gasteiger partial charge is 0.444 e. The molecule has 25 heavy (non-hydrogen) atoms. The monoisotopic (exact) mass is 338 g/mol. The van der Waals surface area contributed by atoms with Crippen LogP contribution < -0.4 is 5.32 Å². The molecule has 5 nitrogen and oxygen atoms in total. The van der Waals surface area contributed by atoms with Gasteiger partial charge in [0.15, 0.2) is 0 Å². The number of hydrogen-bond acceptors (Lipinski definition) is 3. The van der Waals surface area contributed by atoms with E-state index in [0.29, 0.717) is 5.69 Å². The fourth-order valence-electron chi connectivity index (χ4n) is 2.77. The van der Waals surface area contributed by atoms with Gasteiger partial charge in [-0.05, 0) is 38.5 Å². The van der Waals surface area contributed by atoms with E-state index in [-0.39, 0.29) is 11.9 Å². The Kier molecular flexibility index (Phi) is 4.49. The van der Waals surface area contributed by atoms with Crippen LogP contribution in [0, 0.1) is 0 Å². The molecule has 0 radical (unpaired) electrons. The number of carbonyl (C=O) groups excluding carboxylic acids is 2. The molecule has 2 atom stereocenters. The Morgan fingerprint density at radius 2 is 1.52 bits per heavy atom. The molecule has 1 aliphatic heterocycles. The van der Waals surface area contributed by atoms with Gasteiger partial charge in [0.05, 0.1) is 6.04 Å². The number of carbonyl (C=O) groups is 2. The van der Waals surface area contributed by atoms with Gasteiger partial charge in [-0.25, -0.2) is 4.79 Å². The molecule has 0 bridgehead atoms. The van der Waals surface area contributed by atoms with Crippen molar-refractivity contribution >= 4 is 17.7 Å². The number of amides is 2. The van der Waals surface area contributed by atoms with Crippen LogP contribution in [0.5, 0.6) is 0 Å². The molecule has 5 heteroatoms. The number of ether oxygens (including phenoxy) is 1. The average Bonchev–Trinajstić information content (AvgIpc) is 3.31. The van der Waals surface area contributed by atoms with Crippen molar-refractivity contribution < 1.29 is 14.3 Å². The Bertz CT molecular complexity index is 754. The van der Waals surface area contributed by atoms with E-state index in [1.807, 2.05) is 81.4 Å². The highest BCUT2D eigenvalue weighted by Crippen LogP contribution is 2.44. The highest BCUT2D eigenvalue weighted by atomic mass is 16.6. The van der Waals surface area contributed by atoms with E-state index in [2.05, 4.69) is 5.32 Å². The van der Waals surface area contributed by atoms with Crippen LogP contribution in [0.3, 0.4) is 0 Å². The molecular formula is C20H22N2O3. The van der Waals surface area contributed by atoms with Crippen molar-refractivity contribution in [2.45, 2.75) is 38.5 Å². The van der Waals surface area contributed by atoms with Gasteiger partial charge >= 0.3 is 6.09 Å². The second-order valence-electron chi connectivity index (χ2n) is 7.04. The Labute approximate surface area is 147 Å². The van der Waals surface area contributed by atoms with Crippen LogP contribution in [-0.2, 0) is 9.53 Å². The highest BCUT2D eigenvalue weighted by Gasteiger charge is 2.57. The van der Waals surface area contributed by atoms with E-state index in [1.54, 1.807) is 0 Å². The maximum Gasteiger partial charge on any atom is 0.411 e. The van der Waals surface area contributed by atoms with Gasteiger partial charge in [-0.2, -0.15) is 0 Å². The third kappa shape index (κ3) is 3.99. The van der Waals surface area contributed by atoms with Gasteiger partial charge < -0.3 is 10.1 Å². The fraction of sp³-hybridized carbons (Fsp3) is 0.300. The van der Waals surface area contributed by atoms with Gasteiger partial charge in [-0.1, -0.05) is 48.5 Å². The van der Waals surface area contributed by atoms with E-state index in [9.17, 15) is 9.59 Å². The molecule has 0 aromatic heterocycles. The molecule has 2 aromatic carbocycles. The van der Waals surface area contributed by atoms with Crippen LogP contribution in [0.2, 0.25) is 0 Å². The summed E-state index contributed by atoms with van der Waals surface area (Å²) in [6.45, 7) is 5.43. The molecule has 0 saturated carbocycles. The minimum atomic E-state index is -0.610. The minimum Gasteiger partial charge on any atom is -0.444 e. The molecule has 1 aliphatic rings. The van der Waals surface area contributed by atoms with Crippen molar-refractivity contribution in [2.75, 3.05) is 5.32 Å². The van der Waals surface area contributed by atoms with E-state index in [1.165, 1.54) is 4.90 Å². The first-order chi connectivity index (χ1) is 11.9. The first-order valence-electron chi connectivity index (χ1n) is 8.29. The van der Waals surface area contributed by atoms with Crippen molar-refractivity contribution in [2.24, 2.45) is 0 Å². The quantitative estimate of drug-likeness (QED) is 0.861. The van der Waals surface area contributed by atoms with Crippen LogP contribution in [-0.4, -0.2) is 28.5 Å². The fourth-order valence-corrected chi connectivity index (χ4v) is 2.77. The van der Waals surface area contributed by atoms with Gasteiger partial charge in [0.25, 0.3) is 0 Å². The molecule has 2 aromatic rings. The molecule has 2 amide bonds. The van der Waals surface area contributed by atoms with Crippen molar-refractivity contribution in [3.8, 4) is 0 Å². The van der Waals surface area contributed by atoms with Gasteiger partial charge in [-0.3, -0.25) is 9.69 Å². The lowest BCUT2D eigenvalue weighted by Crippen LogP contribution is -2.30. The number of anilines is 1. The van der Waals surface area contributed by atoms with Gasteiger partial charge in [0.2, 0.25) is 5.91 Å². The van der Waals surface area contributed by atoms with Crippen LogP contribution in [0.1, 0.15) is 32.4 Å². The molecule has 0 spiro atoms. The molecule has 1 saturated heterocycles. The average molecular weight is 338 g/mol. The summed E-state index contributed by atoms with van der Waals surface area (Å²) in [7, 11) is 0. The number of para-hydroxylation sites is 1. The topological polar surface area (TPSA) is 58.4 Å². The molecule has 0 aliphatic carbocycles. The maximum atomic E-state index is 12.7. The van der Waals surface area contributed by atoms with E-state index >= 15 is 0 Å². The summed E-state index contributed by atoms with van der Waals surface area (Å²) in [4.78, 5) is 26.7. The maximum absolute atomic E-state index is 12.7. The van der Waals surface area contributed by atoms with E-state index in [0.717, 1.165) is 5.56 Å². The summed E-state index contributed by atoms with van der Waals surface area (Å²) in [5.74, 6) is -0.217. The zero-order valence-electron chi connectivity index (χ0n) is 14.6. The number of benzene rings is 2. The van der Waals surface area contributed by atoms with Crippen LogP contribution in [0.4, 0.5) is 10.5 Å². The Morgan fingerprint density at radius 3 is 2.08 bits per heavy atom. The second kappa shape index (κ2) is 6.59. The van der Waals surface area contributed by atoms with E-state index < -0.39 is 17.7 Å². The van der Waals surface area contributed by atoms with Crippen molar-refractivity contribution in [1.29, 1.82) is 0 Å². The third-order valence-corrected chi connectivity index (χ3v) is 3.86. The summed E-state index contributed by atoms with van der Waals surface area (Å²) in [6, 6.07) is 17.9. The summed E-state index contributed by atoms with van der Waals surface area (Å²) >= 11 is 0. The first kappa shape index (κ1) is 17.0. The molecule has 130 valence electrons. The number of nitrogens with zero attached hydrogens (tertiary/aromatic N) is 1. The summed E-state index contributed by atoms with van der Waals surface area (Å²) in [5, 5.41) is 2.86. The highest BCUT2D eigenvalue weighted by molar-refractivity contribution is 6.00. The minimum absolute atomic E-state index is 0.217. The lowest BCUT2D eigenvalue weighted by Gasteiger charge is -2.20. The number of hydrogen-bond donors (Lipinski definition) is 1. The zero-order chi connectivity index (χ0) is 18.0. The SMILES string of the molecule is CC(C)(C)OC(=O)N1[C@H](C(=O)Nc2ccccc2)[C@H]1c1ccccc1. The predicted molar refractivity (Wildman–Crippen MR) is 96.1 cm³/mol. The summed E-state index contributed by atoms with van der Waals surface area (Å²) in [5.41, 5.74) is 1.01. The number of rotatable bonds is 3. The van der Waals surface area contributed by atoms with Crippen LogP contribution >= 0.6 is 0 Å². The third-order valence-electron chi connectivity index (χ3n) is 3.86.